The van der Waals surface area contributed by atoms with Crippen LogP contribution in [0.25, 0.3) is 0 Å². The Morgan fingerprint density at radius 2 is 1.93 bits per heavy atom. The van der Waals surface area contributed by atoms with E-state index in [4.69, 9.17) is 10.8 Å². The summed E-state index contributed by atoms with van der Waals surface area (Å²) in [5.41, 5.74) is 5.72. The zero-order valence-electron chi connectivity index (χ0n) is 8.21. The molecule has 1 rings (SSSR count). The highest BCUT2D eigenvalue weighted by molar-refractivity contribution is 5.82. The van der Waals surface area contributed by atoms with Gasteiger partial charge >= 0.3 is 0 Å². The Morgan fingerprint density at radius 3 is 2.40 bits per heavy atom. The predicted octanol–water partition coefficient (Wildman–Crippen LogP) is 0.0475. The van der Waals surface area contributed by atoms with Crippen LogP contribution in [-0.2, 0) is 4.79 Å². The number of hydrogen-bond donors (Lipinski definition) is 4. The van der Waals surface area contributed by atoms with E-state index in [1.165, 1.54) is 25.1 Å². The Kier molecular flexibility index (Phi) is 3.28. The van der Waals surface area contributed by atoms with Gasteiger partial charge in [-0.25, -0.2) is 0 Å². The standard InChI is InChI=1S/C10H13NO4/c1-5(12)9(11)10(15)6-2-3-7(13)8(14)4-6/h2-4,9-10,13-15H,11H2,1H3/t9-,10+/m1/s1. The van der Waals surface area contributed by atoms with Gasteiger partial charge in [0.1, 0.15) is 11.9 Å². The van der Waals surface area contributed by atoms with Gasteiger partial charge in [-0.1, -0.05) is 6.07 Å². The largest absolute Gasteiger partial charge is 0.504 e. The second-order valence-corrected chi connectivity index (χ2v) is 3.33. The van der Waals surface area contributed by atoms with Gasteiger partial charge in [0.25, 0.3) is 0 Å². The van der Waals surface area contributed by atoms with E-state index in [-0.39, 0.29) is 22.8 Å². The van der Waals surface area contributed by atoms with Gasteiger partial charge < -0.3 is 21.1 Å². The lowest BCUT2D eigenvalue weighted by atomic mass is 10.00. The minimum absolute atomic E-state index is 0.285. The number of benzene rings is 1. The Morgan fingerprint density at radius 1 is 1.33 bits per heavy atom. The summed E-state index contributed by atoms with van der Waals surface area (Å²) >= 11 is 0. The highest BCUT2D eigenvalue weighted by Crippen LogP contribution is 2.28. The molecule has 0 saturated heterocycles. The number of hydrogen-bond acceptors (Lipinski definition) is 5. The molecule has 0 aliphatic carbocycles. The summed E-state index contributed by atoms with van der Waals surface area (Å²) < 4.78 is 0. The normalized spacial score (nSPS) is 14.6. The van der Waals surface area contributed by atoms with E-state index in [1.54, 1.807) is 0 Å². The summed E-state index contributed by atoms with van der Waals surface area (Å²) in [6, 6.07) is 2.75. The molecule has 5 N–H and O–H groups in total. The van der Waals surface area contributed by atoms with Crippen molar-refractivity contribution in [1.29, 1.82) is 0 Å². The molecule has 82 valence electrons. The first-order valence-electron chi connectivity index (χ1n) is 4.39. The van der Waals surface area contributed by atoms with Crippen LogP contribution in [0.1, 0.15) is 18.6 Å². The van der Waals surface area contributed by atoms with E-state index in [2.05, 4.69) is 0 Å². The quantitative estimate of drug-likeness (QED) is 0.529. The summed E-state index contributed by atoms with van der Waals surface area (Å²) in [4.78, 5) is 10.9. The molecule has 0 heterocycles. The minimum atomic E-state index is -1.19. The Hall–Kier alpha value is -1.59. The molecule has 0 spiro atoms. The van der Waals surface area contributed by atoms with Crippen molar-refractivity contribution in [3.8, 4) is 11.5 Å². The van der Waals surface area contributed by atoms with Crippen molar-refractivity contribution < 1.29 is 20.1 Å². The number of nitrogens with two attached hydrogens (primary N) is 1. The summed E-state index contributed by atoms with van der Waals surface area (Å²) in [5.74, 6) is -1.00. The SMILES string of the molecule is CC(=O)[C@@H](N)[C@@H](O)c1ccc(O)c(O)c1. The van der Waals surface area contributed by atoms with Crippen LogP contribution in [0, 0.1) is 0 Å². The van der Waals surface area contributed by atoms with Gasteiger partial charge in [-0.15, -0.1) is 0 Å². The zero-order valence-corrected chi connectivity index (χ0v) is 8.21. The van der Waals surface area contributed by atoms with Crippen molar-refractivity contribution in [3.63, 3.8) is 0 Å². The first-order chi connectivity index (χ1) is 6.93. The van der Waals surface area contributed by atoms with Crippen molar-refractivity contribution in [2.45, 2.75) is 19.1 Å². The van der Waals surface area contributed by atoms with Crippen LogP contribution in [0.5, 0.6) is 11.5 Å². The highest BCUT2D eigenvalue weighted by atomic mass is 16.3. The van der Waals surface area contributed by atoms with E-state index in [0.29, 0.717) is 0 Å². The Balaban J connectivity index is 2.96. The number of rotatable bonds is 3. The second kappa shape index (κ2) is 4.29. The Labute approximate surface area is 86.8 Å². The summed E-state index contributed by atoms with van der Waals surface area (Å²) in [6.45, 7) is 1.27. The van der Waals surface area contributed by atoms with Crippen LogP contribution in [-0.4, -0.2) is 27.1 Å². The number of phenolic OH excluding ortho intramolecular Hbond substituents is 2. The number of aromatic hydroxyl groups is 2. The van der Waals surface area contributed by atoms with Gasteiger partial charge in [0, 0.05) is 0 Å². The minimum Gasteiger partial charge on any atom is -0.504 e. The van der Waals surface area contributed by atoms with Gasteiger partial charge in [-0.2, -0.15) is 0 Å². The molecule has 1 aromatic carbocycles. The third kappa shape index (κ3) is 2.45. The van der Waals surface area contributed by atoms with Crippen LogP contribution in [0.2, 0.25) is 0 Å². The lowest BCUT2D eigenvalue weighted by Crippen LogP contribution is -2.35. The third-order valence-electron chi connectivity index (χ3n) is 2.15. The van der Waals surface area contributed by atoms with Crippen LogP contribution < -0.4 is 5.73 Å². The van der Waals surface area contributed by atoms with Crippen molar-refractivity contribution in [2.75, 3.05) is 0 Å². The molecule has 1 aromatic rings. The maximum atomic E-state index is 10.9. The average Bonchev–Trinajstić information content (AvgIpc) is 2.19. The topological polar surface area (TPSA) is 104 Å². The number of carbonyl (C=O) groups excluding carboxylic acids is 1. The molecule has 0 unspecified atom stereocenters. The van der Waals surface area contributed by atoms with Crippen molar-refractivity contribution >= 4 is 5.78 Å². The smallest absolute Gasteiger partial charge is 0.157 e. The molecule has 0 aliphatic rings. The van der Waals surface area contributed by atoms with Gasteiger partial charge in [0.05, 0.1) is 6.04 Å². The average molecular weight is 211 g/mol. The lowest BCUT2D eigenvalue weighted by Gasteiger charge is -2.16. The second-order valence-electron chi connectivity index (χ2n) is 3.33. The van der Waals surface area contributed by atoms with Gasteiger partial charge in [0.2, 0.25) is 0 Å². The number of carbonyl (C=O) groups is 1. The fraction of sp³-hybridized carbons (Fsp3) is 0.300. The van der Waals surface area contributed by atoms with Crippen molar-refractivity contribution in [1.82, 2.24) is 0 Å². The molecule has 0 aromatic heterocycles. The van der Waals surface area contributed by atoms with Crippen molar-refractivity contribution in [3.05, 3.63) is 23.8 Å². The van der Waals surface area contributed by atoms with E-state index < -0.39 is 12.1 Å². The molecule has 0 bridgehead atoms. The van der Waals surface area contributed by atoms with Crippen LogP contribution in [0.4, 0.5) is 0 Å². The first kappa shape index (κ1) is 11.5. The molecular weight excluding hydrogens is 198 g/mol. The highest BCUT2D eigenvalue weighted by Gasteiger charge is 2.21. The van der Waals surface area contributed by atoms with E-state index >= 15 is 0 Å². The zero-order chi connectivity index (χ0) is 11.6. The fourth-order valence-electron chi connectivity index (χ4n) is 1.15. The fourth-order valence-corrected chi connectivity index (χ4v) is 1.15. The molecule has 0 radical (unpaired) electrons. The van der Waals surface area contributed by atoms with E-state index in [9.17, 15) is 15.0 Å². The first-order valence-corrected chi connectivity index (χ1v) is 4.39. The van der Waals surface area contributed by atoms with Crippen LogP contribution >= 0.6 is 0 Å². The van der Waals surface area contributed by atoms with Gasteiger partial charge in [0.15, 0.2) is 11.5 Å². The summed E-state index contributed by atoms with van der Waals surface area (Å²) in [5, 5.41) is 27.9. The molecule has 0 fully saturated rings. The maximum Gasteiger partial charge on any atom is 0.157 e. The van der Waals surface area contributed by atoms with Gasteiger partial charge in [-0.3, -0.25) is 4.79 Å². The molecule has 0 saturated carbocycles. The Bertz CT molecular complexity index is 378. The number of Topliss-reactive ketones (excluding diaryl/α,β-unsaturated/α-hetero) is 1. The molecule has 0 amide bonds. The lowest BCUT2D eigenvalue weighted by molar-refractivity contribution is -0.120. The molecule has 2 atom stereocenters. The van der Waals surface area contributed by atoms with Gasteiger partial charge in [-0.05, 0) is 24.6 Å². The molecule has 0 aliphatic heterocycles. The third-order valence-corrected chi connectivity index (χ3v) is 2.15. The predicted molar refractivity (Wildman–Crippen MR) is 53.4 cm³/mol. The molecule has 5 heteroatoms. The summed E-state index contributed by atoms with van der Waals surface area (Å²) in [6.07, 6.45) is -1.19. The molecule has 15 heavy (non-hydrogen) atoms. The number of ketones is 1. The van der Waals surface area contributed by atoms with Crippen LogP contribution in [0.15, 0.2) is 18.2 Å². The van der Waals surface area contributed by atoms with Crippen LogP contribution in [0.3, 0.4) is 0 Å². The molecule has 5 nitrogen and oxygen atoms in total. The monoisotopic (exact) mass is 211 g/mol. The number of aliphatic hydroxyl groups is 1. The van der Waals surface area contributed by atoms with Crippen molar-refractivity contribution in [2.24, 2.45) is 5.73 Å². The number of aliphatic hydroxyl groups excluding tert-OH is 1. The number of phenols is 2. The van der Waals surface area contributed by atoms with E-state index in [0.717, 1.165) is 0 Å². The maximum absolute atomic E-state index is 10.9. The molecular formula is C10H13NO4. The summed E-state index contributed by atoms with van der Waals surface area (Å²) in [7, 11) is 0. The van der Waals surface area contributed by atoms with E-state index in [1.807, 2.05) is 0 Å².